The van der Waals surface area contributed by atoms with Gasteiger partial charge in [0.2, 0.25) is 0 Å². The zero-order chi connectivity index (χ0) is 41.0. The SMILES string of the molecule is c1ccc(-c2ccc(N(c3ccc(-c4ccc(-n5c6ccccc6c6c7ccccc7c7ccccc7c65)cc4)cc3)c3ccc(-c4cccc5ccccc45)cc3)cc2)cc1. The fraction of sp³-hybridized carbons (Fsp3) is 0. The van der Waals surface area contributed by atoms with Crippen molar-refractivity contribution < 1.29 is 0 Å². The number of benzene rings is 11. The zero-order valence-electron chi connectivity index (χ0n) is 34.0. The average Bonchev–Trinajstić information content (AvgIpc) is 3.71. The molecular formula is C60H40N2. The zero-order valence-corrected chi connectivity index (χ0v) is 34.0. The summed E-state index contributed by atoms with van der Waals surface area (Å²) in [5.41, 5.74) is 14.1. The van der Waals surface area contributed by atoms with E-state index in [4.69, 9.17) is 0 Å². The molecule has 0 unspecified atom stereocenters. The summed E-state index contributed by atoms with van der Waals surface area (Å²) in [6, 6.07) is 88.2. The van der Waals surface area contributed by atoms with Crippen molar-refractivity contribution in [3.8, 4) is 39.1 Å². The summed E-state index contributed by atoms with van der Waals surface area (Å²) in [7, 11) is 0. The van der Waals surface area contributed by atoms with Gasteiger partial charge in [-0.05, 0) is 115 Å². The Bertz CT molecular complexity index is 3580. The van der Waals surface area contributed by atoms with E-state index in [0.717, 1.165) is 22.7 Å². The number of fused-ring (bicyclic) bond motifs is 9. The molecule has 1 heterocycles. The van der Waals surface area contributed by atoms with Crippen LogP contribution in [0.3, 0.4) is 0 Å². The van der Waals surface area contributed by atoms with Crippen LogP contribution in [0.2, 0.25) is 0 Å². The van der Waals surface area contributed by atoms with Crippen molar-refractivity contribution in [2.75, 3.05) is 4.90 Å². The summed E-state index contributed by atoms with van der Waals surface area (Å²) in [5.74, 6) is 0. The normalized spacial score (nSPS) is 11.5. The topological polar surface area (TPSA) is 8.17 Å². The number of rotatable bonds is 7. The molecule has 1 aromatic heterocycles. The van der Waals surface area contributed by atoms with E-state index in [-0.39, 0.29) is 0 Å². The summed E-state index contributed by atoms with van der Waals surface area (Å²) in [5, 5.41) is 10.2. The van der Waals surface area contributed by atoms with Crippen LogP contribution in [-0.4, -0.2) is 4.57 Å². The standard InChI is InChI=1S/C60H40N2/c1-2-13-41(14-3-1)42-25-33-47(34-26-42)61(49-39-31-46(32-40-49)52-23-12-16-45-15-4-5-17-51(45)52)48-35-27-43(28-36-48)44-29-37-50(38-30-44)62-58-24-11-10-22-57(58)59-55-20-8-6-18-53(55)54-19-7-9-21-56(54)60(59)62/h1-40H. The van der Waals surface area contributed by atoms with E-state index in [0.29, 0.717) is 0 Å². The van der Waals surface area contributed by atoms with Crippen molar-refractivity contribution >= 4 is 71.2 Å². The Labute approximate surface area is 360 Å². The Kier molecular flexibility index (Phi) is 8.53. The van der Waals surface area contributed by atoms with Crippen molar-refractivity contribution in [1.82, 2.24) is 4.57 Å². The van der Waals surface area contributed by atoms with Gasteiger partial charge in [-0.25, -0.2) is 0 Å². The molecule has 2 nitrogen and oxygen atoms in total. The predicted octanol–water partition coefficient (Wildman–Crippen LogP) is 16.7. The number of anilines is 3. The Morgan fingerprint density at radius 3 is 1.34 bits per heavy atom. The van der Waals surface area contributed by atoms with Crippen LogP contribution in [-0.2, 0) is 0 Å². The Morgan fingerprint density at radius 1 is 0.274 bits per heavy atom. The second-order valence-electron chi connectivity index (χ2n) is 16.1. The Balaban J connectivity index is 0.921. The fourth-order valence-corrected chi connectivity index (χ4v) is 9.65. The molecule has 0 aliphatic carbocycles. The van der Waals surface area contributed by atoms with Crippen molar-refractivity contribution in [1.29, 1.82) is 0 Å². The minimum absolute atomic E-state index is 1.10. The molecule has 12 aromatic rings. The van der Waals surface area contributed by atoms with Crippen molar-refractivity contribution in [2.24, 2.45) is 0 Å². The number of aromatic nitrogens is 1. The highest BCUT2D eigenvalue weighted by Crippen LogP contribution is 2.43. The molecule has 62 heavy (non-hydrogen) atoms. The molecule has 0 N–H and O–H groups in total. The van der Waals surface area contributed by atoms with E-state index in [1.807, 2.05) is 0 Å². The van der Waals surface area contributed by atoms with Crippen LogP contribution in [0.15, 0.2) is 243 Å². The van der Waals surface area contributed by atoms with E-state index in [2.05, 4.69) is 252 Å². The van der Waals surface area contributed by atoms with E-state index >= 15 is 0 Å². The Hall–Kier alpha value is -8.20. The van der Waals surface area contributed by atoms with Gasteiger partial charge in [-0.3, -0.25) is 0 Å². The highest BCUT2D eigenvalue weighted by atomic mass is 15.1. The monoisotopic (exact) mass is 788 g/mol. The third-order valence-electron chi connectivity index (χ3n) is 12.6. The molecule has 0 saturated heterocycles. The van der Waals surface area contributed by atoms with E-state index in [9.17, 15) is 0 Å². The largest absolute Gasteiger partial charge is 0.311 e. The highest BCUT2D eigenvalue weighted by molar-refractivity contribution is 6.32. The molecule has 11 aromatic carbocycles. The molecular weight excluding hydrogens is 749 g/mol. The summed E-state index contributed by atoms with van der Waals surface area (Å²) in [6.45, 7) is 0. The van der Waals surface area contributed by atoms with Crippen LogP contribution in [0.25, 0.3) is 93.2 Å². The van der Waals surface area contributed by atoms with Gasteiger partial charge in [0.1, 0.15) is 0 Å². The van der Waals surface area contributed by atoms with Gasteiger partial charge in [-0.1, -0.05) is 188 Å². The summed E-state index contributed by atoms with van der Waals surface area (Å²) in [4.78, 5) is 2.35. The lowest BCUT2D eigenvalue weighted by atomic mass is 9.97. The molecule has 0 fully saturated rings. The van der Waals surface area contributed by atoms with E-state index < -0.39 is 0 Å². The molecule has 0 atom stereocenters. The van der Waals surface area contributed by atoms with Gasteiger partial charge >= 0.3 is 0 Å². The van der Waals surface area contributed by atoms with Crippen molar-refractivity contribution in [2.45, 2.75) is 0 Å². The maximum absolute atomic E-state index is 2.46. The Morgan fingerprint density at radius 2 is 0.710 bits per heavy atom. The van der Waals surface area contributed by atoms with Crippen LogP contribution in [0, 0.1) is 0 Å². The number of nitrogens with zero attached hydrogens (tertiary/aromatic N) is 2. The smallest absolute Gasteiger partial charge is 0.0625 e. The van der Waals surface area contributed by atoms with Gasteiger partial charge in [0, 0.05) is 38.9 Å². The van der Waals surface area contributed by atoms with Crippen LogP contribution in [0.5, 0.6) is 0 Å². The van der Waals surface area contributed by atoms with Crippen LogP contribution in [0.4, 0.5) is 17.1 Å². The van der Waals surface area contributed by atoms with Gasteiger partial charge < -0.3 is 9.47 Å². The number of hydrogen-bond acceptors (Lipinski definition) is 1. The van der Waals surface area contributed by atoms with Gasteiger partial charge in [-0.15, -0.1) is 0 Å². The summed E-state index contributed by atoms with van der Waals surface area (Å²) in [6.07, 6.45) is 0. The lowest BCUT2D eigenvalue weighted by Gasteiger charge is -2.26. The average molecular weight is 789 g/mol. The van der Waals surface area contributed by atoms with E-state index in [1.165, 1.54) is 87.5 Å². The fourth-order valence-electron chi connectivity index (χ4n) is 9.65. The van der Waals surface area contributed by atoms with Gasteiger partial charge in [0.15, 0.2) is 0 Å². The quantitative estimate of drug-likeness (QED) is 0.146. The van der Waals surface area contributed by atoms with Gasteiger partial charge in [0.05, 0.1) is 11.0 Å². The van der Waals surface area contributed by atoms with Gasteiger partial charge in [0.25, 0.3) is 0 Å². The van der Waals surface area contributed by atoms with Gasteiger partial charge in [-0.2, -0.15) is 0 Å². The molecule has 0 aliphatic heterocycles. The lowest BCUT2D eigenvalue weighted by molar-refractivity contribution is 1.19. The minimum atomic E-state index is 1.10. The molecule has 0 aliphatic rings. The third-order valence-corrected chi connectivity index (χ3v) is 12.6. The molecule has 0 saturated carbocycles. The summed E-state index contributed by atoms with van der Waals surface area (Å²) >= 11 is 0. The van der Waals surface area contributed by atoms with Crippen LogP contribution < -0.4 is 4.90 Å². The molecule has 290 valence electrons. The molecule has 2 heteroatoms. The maximum Gasteiger partial charge on any atom is 0.0625 e. The lowest BCUT2D eigenvalue weighted by Crippen LogP contribution is -2.09. The second kappa shape index (κ2) is 14.8. The molecule has 12 rings (SSSR count). The second-order valence-corrected chi connectivity index (χ2v) is 16.1. The maximum atomic E-state index is 2.46. The molecule has 0 bridgehead atoms. The predicted molar refractivity (Wildman–Crippen MR) is 264 cm³/mol. The minimum Gasteiger partial charge on any atom is -0.311 e. The number of hydrogen-bond donors (Lipinski definition) is 0. The highest BCUT2D eigenvalue weighted by Gasteiger charge is 2.19. The van der Waals surface area contributed by atoms with Crippen LogP contribution >= 0.6 is 0 Å². The molecule has 0 amide bonds. The third kappa shape index (κ3) is 5.96. The number of para-hydroxylation sites is 1. The molecule has 0 radical (unpaired) electrons. The first-order chi connectivity index (χ1) is 30.8. The first kappa shape index (κ1) is 35.7. The summed E-state index contributed by atoms with van der Waals surface area (Å²) < 4.78 is 2.46. The van der Waals surface area contributed by atoms with Crippen molar-refractivity contribution in [3.05, 3.63) is 243 Å². The molecule has 0 spiro atoms. The first-order valence-corrected chi connectivity index (χ1v) is 21.3. The van der Waals surface area contributed by atoms with Crippen molar-refractivity contribution in [3.63, 3.8) is 0 Å². The van der Waals surface area contributed by atoms with E-state index in [1.54, 1.807) is 0 Å². The van der Waals surface area contributed by atoms with Crippen LogP contribution in [0.1, 0.15) is 0 Å². The first-order valence-electron chi connectivity index (χ1n) is 21.3.